The first-order valence-electron chi connectivity index (χ1n) is 15.3. The van der Waals surface area contributed by atoms with Gasteiger partial charge in [-0.2, -0.15) is 0 Å². The molecule has 45 heavy (non-hydrogen) atoms. The number of carbonyl (C=O) groups excluding carboxylic acids is 1. The molecule has 0 radical (unpaired) electrons. The van der Waals surface area contributed by atoms with E-state index < -0.39 is 18.1 Å². The van der Waals surface area contributed by atoms with Crippen LogP contribution in [0.15, 0.2) is 115 Å². The number of thioether (sulfide) groups is 1. The molecule has 0 bridgehead atoms. The van der Waals surface area contributed by atoms with Gasteiger partial charge >= 0.3 is 13.1 Å². The van der Waals surface area contributed by atoms with Gasteiger partial charge in [-0.1, -0.05) is 104 Å². The second-order valence-electron chi connectivity index (χ2n) is 10.8. The van der Waals surface area contributed by atoms with Gasteiger partial charge in [0.1, 0.15) is 5.75 Å². The maximum Gasteiger partial charge on any atom is 0.412 e. The van der Waals surface area contributed by atoms with Crippen molar-refractivity contribution >= 4 is 30.6 Å². The first kappa shape index (κ1) is 33.8. The third-order valence-electron chi connectivity index (χ3n) is 7.65. The predicted octanol–water partition coefficient (Wildman–Crippen LogP) is 7.38. The second kappa shape index (κ2) is 17.4. The molecule has 4 rings (SSSR count). The lowest BCUT2D eigenvalue weighted by Gasteiger charge is -2.35. The van der Waals surface area contributed by atoms with Crippen LogP contribution in [0.5, 0.6) is 5.75 Å². The average molecular weight is 626 g/mol. The van der Waals surface area contributed by atoms with Gasteiger partial charge in [0, 0.05) is 25.2 Å². The molecule has 0 aliphatic heterocycles. The smallest absolute Gasteiger partial charge is 0.412 e. The van der Waals surface area contributed by atoms with Gasteiger partial charge in [0.15, 0.2) is 0 Å². The van der Waals surface area contributed by atoms with E-state index in [2.05, 4.69) is 96.3 Å². The summed E-state index contributed by atoms with van der Waals surface area (Å²) in [6, 6.07) is 37.5. The third kappa shape index (κ3) is 9.68. The van der Waals surface area contributed by atoms with Crippen LogP contribution in [0.1, 0.15) is 42.4 Å². The zero-order valence-electron chi connectivity index (χ0n) is 25.6. The molecule has 0 saturated carbocycles. The molecule has 0 aliphatic rings. The molecule has 0 aromatic heterocycles. The van der Waals surface area contributed by atoms with Crippen LogP contribution in [0.3, 0.4) is 0 Å². The summed E-state index contributed by atoms with van der Waals surface area (Å²) in [5, 5.41) is 23.7. The van der Waals surface area contributed by atoms with Crippen molar-refractivity contribution in [2.45, 2.75) is 37.3 Å². The van der Waals surface area contributed by atoms with Gasteiger partial charge in [0.05, 0.1) is 9.67 Å². The summed E-state index contributed by atoms with van der Waals surface area (Å²) >= 11 is 1.98. The molecular weight excluding hydrogens is 585 g/mol. The number of non-ortho nitro benzene ring substituents is 1. The lowest BCUT2D eigenvalue weighted by molar-refractivity contribution is -0.384. The minimum atomic E-state index is -0.649. The highest BCUT2D eigenvalue weighted by Crippen LogP contribution is 2.48. The fourth-order valence-corrected chi connectivity index (χ4v) is 6.89. The molecule has 0 heterocycles. The maximum absolute atomic E-state index is 12.1. The number of nitrogens with zero attached hydrogens (tertiary/aromatic N) is 2. The molecule has 234 valence electrons. The monoisotopic (exact) mass is 625 g/mol. The first-order chi connectivity index (χ1) is 21.9. The van der Waals surface area contributed by atoms with E-state index in [1.54, 1.807) is 6.82 Å². The van der Waals surface area contributed by atoms with Crippen molar-refractivity contribution in [2.24, 2.45) is 0 Å². The quantitative estimate of drug-likeness (QED) is 0.0415. The minimum Gasteiger partial charge on any atom is -0.437 e. The largest absolute Gasteiger partial charge is 0.437 e. The summed E-state index contributed by atoms with van der Waals surface area (Å²) in [6.45, 7) is 3.21. The van der Waals surface area contributed by atoms with E-state index in [1.165, 1.54) is 41.0 Å². The van der Waals surface area contributed by atoms with Crippen molar-refractivity contribution in [2.75, 3.05) is 25.4 Å². The van der Waals surface area contributed by atoms with Crippen LogP contribution < -0.4 is 10.1 Å². The fourth-order valence-electron chi connectivity index (χ4n) is 5.33. The van der Waals surface area contributed by atoms with Crippen molar-refractivity contribution in [3.05, 3.63) is 142 Å². The number of nitro groups is 1. The van der Waals surface area contributed by atoms with E-state index in [-0.39, 0.29) is 16.2 Å². The normalized spacial score (nSPS) is 11.3. The molecule has 4 aromatic carbocycles. The number of carbonyl (C=O) groups is 1. The lowest BCUT2D eigenvalue weighted by atomic mass is 9.84. The SMILES string of the molecule is CB(O)N(CCCCCCSC(c1ccccc1)(c1ccccc1)c1ccccc1)CCNC(=O)Oc1ccc([N+](=O)[O-])cc1. The zero-order valence-corrected chi connectivity index (χ0v) is 26.4. The second-order valence-corrected chi connectivity index (χ2v) is 12.1. The Morgan fingerprint density at radius 3 is 1.82 bits per heavy atom. The predicted molar refractivity (Wildman–Crippen MR) is 183 cm³/mol. The Bertz CT molecular complexity index is 1360. The lowest BCUT2D eigenvalue weighted by Crippen LogP contribution is -2.43. The molecular formula is C35H40BN3O5S. The number of ether oxygens (including phenoxy) is 1. The number of benzene rings is 4. The van der Waals surface area contributed by atoms with E-state index in [4.69, 9.17) is 4.74 Å². The van der Waals surface area contributed by atoms with Crippen molar-refractivity contribution in [1.29, 1.82) is 0 Å². The van der Waals surface area contributed by atoms with Crippen LogP contribution in [0.2, 0.25) is 6.82 Å². The Labute approximate surface area is 270 Å². The van der Waals surface area contributed by atoms with Gasteiger partial charge in [-0.05, 0) is 60.8 Å². The van der Waals surface area contributed by atoms with Crippen LogP contribution in [0.25, 0.3) is 0 Å². The Kier molecular flexibility index (Phi) is 13.1. The molecule has 0 aliphatic carbocycles. The molecule has 0 fully saturated rings. The molecule has 2 N–H and O–H groups in total. The first-order valence-corrected chi connectivity index (χ1v) is 16.3. The van der Waals surface area contributed by atoms with Gasteiger partial charge in [-0.15, -0.1) is 11.8 Å². The molecule has 0 spiro atoms. The summed E-state index contributed by atoms with van der Waals surface area (Å²) in [6.07, 6.45) is 3.47. The highest BCUT2D eigenvalue weighted by molar-refractivity contribution is 8.00. The fraction of sp³-hybridized carbons (Fsp3) is 0.286. The van der Waals surface area contributed by atoms with Gasteiger partial charge in [0.25, 0.3) is 5.69 Å². The number of nitro benzene ring substituents is 1. The number of unbranched alkanes of at least 4 members (excludes halogenated alkanes) is 3. The van der Waals surface area contributed by atoms with Gasteiger partial charge in [0.2, 0.25) is 0 Å². The molecule has 1 amide bonds. The van der Waals surface area contributed by atoms with Crippen LogP contribution in [0, 0.1) is 10.1 Å². The van der Waals surface area contributed by atoms with Gasteiger partial charge in [-0.25, -0.2) is 4.79 Å². The van der Waals surface area contributed by atoms with E-state index >= 15 is 0 Å². The summed E-state index contributed by atoms with van der Waals surface area (Å²) in [7, 11) is -0.642. The van der Waals surface area contributed by atoms with E-state index in [0.717, 1.165) is 31.4 Å². The summed E-state index contributed by atoms with van der Waals surface area (Å²) in [4.78, 5) is 24.3. The number of hydrogen-bond donors (Lipinski definition) is 2. The molecule has 0 saturated heterocycles. The van der Waals surface area contributed by atoms with Crippen molar-refractivity contribution in [3.8, 4) is 5.75 Å². The topological polar surface area (TPSA) is 105 Å². The van der Waals surface area contributed by atoms with E-state index in [0.29, 0.717) is 19.6 Å². The summed E-state index contributed by atoms with van der Waals surface area (Å²) < 4.78 is 4.87. The van der Waals surface area contributed by atoms with Crippen molar-refractivity contribution in [1.82, 2.24) is 10.1 Å². The number of rotatable bonds is 17. The Morgan fingerprint density at radius 1 is 0.822 bits per heavy atom. The average Bonchev–Trinajstić information content (AvgIpc) is 3.06. The highest BCUT2D eigenvalue weighted by atomic mass is 32.2. The highest BCUT2D eigenvalue weighted by Gasteiger charge is 2.36. The Balaban J connectivity index is 1.24. The zero-order chi connectivity index (χ0) is 31.9. The molecule has 0 unspecified atom stereocenters. The van der Waals surface area contributed by atoms with Crippen molar-refractivity contribution in [3.63, 3.8) is 0 Å². The molecule has 0 atom stereocenters. The van der Waals surface area contributed by atoms with E-state index in [9.17, 15) is 19.9 Å². The van der Waals surface area contributed by atoms with Crippen LogP contribution in [-0.2, 0) is 4.75 Å². The van der Waals surface area contributed by atoms with Crippen molar-refractivity contribution < 1.29 is 19.5 Å². The number of amides is 1. The van der Waals surface area contributed by atoms with Gasteiger partial charge < -0.3 is 19.9 Å². The van der Waals surface area contributed by atoms with Gasteiger partial charge in [-0.3, -0.25) is 10.1 Å². The standard InChI is InChI=1S/C35H40BN3O5S/c1-36(41)38(27-25-37-34(40)44-33-23-21-32(22-24-33)39(42)43)26-13-2-3-14-28-45-35(29-15-7-4-8-16-29,30-17-9-5-10-18-30)31-19-11-6-12-20-31/h4-12,15-24,41H,2-3,13-14,25-28H2,1H3,(H,37,40). The third-order valence-corrected chi connectivity index (χ3v) is 9.29. The van der Waals surface area contributed by atoms with Crippen LogP contribution >= 0.6 is 11.8 Å². The Morgan fingerprint density at radius 2 is 1.33 bits per heavy atom. The summed E-state index contributed by atoms with van der Waals surface area (Å²) in [5.74, 6) is 1.22. The van der Waals surface area contributed by atoms with Crippen LogP contribution in [-0.4, -0.2) is 53.3 Å². The van der Waals surface area contributed by atoms with Crippen LogP contribution in [0.4, 0.5) is 10.5 Å². The molecule has 10 heteroatoms. The number of hydrogen-bond acceptors (Lipinski definition) is 7. The molecule has 4 aromatic rings. The Hall–Kier alpha value is -4.12. The maximum atomic E-state index is 12.1. The number of nitrogens with one attached hydrogen (secondary N) is 1. The van der Waals surface area contributed by atoms with E-state index in [1.807, 2.05) is 16.6 Å². The summed E-state index contributed by atoms with van der Waals surface area (Å²) in [5.41, 5.74) is 3.73. The molecule has 8 nitrogen and oxygen atoms in total. The minimum absolute atomic E-state index is 0.0752.